The summed E-state index contributed by atoms with van der Waals surface area (Å²) in [7, 11) is 1.33. The van der Waals surface area contributed by atoms with Crippen molar-refractivity contribution in [1.82, 2.24) is 0 Å². The van der Waals surface area contributed by atoms with Crippen LogP contribution in [0, 0.1) is 11.2 Å². The maximum absolute atomic E-state index is 13.0. The summed E-state index contributed by atoms with van der Waals surface area (Å²) in [5.74, 6) is -0.246. The zero-order valence-electron chi connectivity index (χ0n) is 10.8. The number of esters is 1. The molecular formula is C13H18FNO3. The van der Waals surface area contributed by atoms with Crippen molar-refractivity contribution in [3.63, 3.8) is 0 Å². The minimum absolute atomic E-state index is 0.137. The van der Waals surface area contributed by atoms with Crippen LogP contribution in [0.4, 0.5) is 4.39 Å². The third-order valence-electron chi connectivity index (χ3n) is 2.57. The molecule has 0 bridgehead atoms. The van der Waals surface area contributed by atoms with Crippen molar-refractivity contribution in [2.45, 2.75) is 20.4 Å². The molecule has 5 heteroatoms. The quantitative estimate of drug-likeness (QED) is 0.816. The average molecular weight is 255 g/mol. The van der Waals surface area contributed by atoms with Gasteiger partial charge < -0.3 is 15.2 Å². The van der Waals surface area contributed by atoms with Crippen LogP contribution in [0.1, 0.15) is 19.4 Å². The van der Waals surface area contributed by atoms with Crippen molar-refractivity contribution in [2.75, 3.05) is 13.7 Å². The summed E-state index contributed by atoms with van der Waals surface area (Å²) in [5, 5.41) is 0. The van der Waals surface area contributed by atoms with Gasteiger partial charge in [-0.05, 0) is 32.0 Å². The Balaban J connectivity index is 2.77. The third-order valence-corrected chi connectivity index (χ3v) is 2.57. The molecule has 0 unspecified atom stereocenters. The molecule has 1 aromatic carbocycles. The molecule has 1 aromatic rings. The Morgan fingerprint density at radius 2 is 2.11 bits per heavy atom. The molecule has 0 saturated heterocycles. The minimum atomic E-state index is -0.769. The zero-order valence-corrected chi connectivity index (χ0v) is 10.8. The Morgan fingerprint density at radius 1 is 1.44 bits per heavy atom. The summed E-state index contributed by atoms with van der Waals surface area (Å²) in [6.07, 6.45) is 0. The number of methoxy groups -OCH3 is 1. The van der Waals surface area contributed by atoms with E-state index in [1.165, 1.54) is 25.3 Å². The average Bonchev–Trinajstić information content (AvgIpc) is 2.36. The highest BCUT2D eigenvalue weighted by molar-refractivity contribution is 5.75. The van der Waals surface area contributed by atoms with Crippen LogP contribution in [-0.2, 0) is 16.1 Å². The lowest BCUT2D eigenvalue weighted by molar-refractivity contribution is -0.152. The smallest absolute Gasteiger partial charge is 0.314 e. The van der Waals surface area contributed by atoms with E-state index in [9.17, 15) is 9.18 Å². The summed E-state index contributed by atoms with van der Waals surface area (Å²) in [5.41, 5.74) is 5.30. The van der Waals surface area contributed by atoms with Crippen LogP contribution in [0.3, 0.4) is 0 Å². The van der Waals surface area contributed by atoms with E-state index in [2.05, 4.69) is 4.74 Å². The third kappa shape index (κ3) is 3.43. The molecule has 0 aliphatic heterocycles. The Morgan fingerprint density at radius 3 is 2.67 bits per heavy atom. The number of halogens is 1. The van der Waals surface area contributed by atoms with Crippen LogP contribution in [0.15, 0.2) is 18.2 Å². The predicted octanol–water partition coefficient (Wildman–Crippen LogP) is 1.86. The van der Waals surface area contributed by atoms with Crippen LogP contribution in [0.5, 0.6) is 5.75 Å². The van der Waals surface area contributed by atoms with Crippen LogP contribution in [0.2, 0.25) is 0 Å². The van der Waals surface area contributed by atoms with Gasteiger partial charge in [0.05, 0.1) is 12.5 Å². The van der Waals surface area contributed by atoms with E-state index in [-0.39, 0.29) is 24.9 Å². The number of carbonyl (C=O) groups is 1. The number of hydrogen-bond acceptors (Lipinski definition) is 4. The standard InChI is InChI=1S/C13H18FNO3/c1-13(2,12(16)17-3)8-18-11-5-4-10(14)6-9(11)7-15/h4-6H,7-8,15H2,1-3H3. The summed E-state index contributed by atoms with van der Waals surface area (Å²) in [6.45, 7) is 3.74. The van der Waals surface area contributed by atoms with Gasteiger partial charge in [0.2, 0.25) is 0 Å². The molecule has 0 fully saturated rings. The fraction of sp³-hybridized carbons (Fsp3) is 0.462. The largest absolute Gasteiger partial charge is 0.492 e. The van der Waals surface area contributed by atoms with Gasteiger partial charge in [-0.2, -0.15) is 0 Å². The van der Waals surface area contributed by atoms with E-state index in [0.717, 1.165) is 0 Å². The van der Waals surface area contributed by atoms with Crippen molar-refractivity contribution in [3.8, 4) is 5.75 Å². The Bertz CT molecular complexity index is 432. The highest BCUT2D eigenvalue weighted by Gasteiger charge is 2.30. The van der Waals surface area contributed by atoms with Crippen LogP contribution in [-0.4, -0.2) is 19.7 Å². The van der Waals surface area contributed by atoms with Gasteiger partial charge in [0.15, 0.2) is 0 Å². The van der Waals surface area contributed by atoms with Crippen molar-refractivity contribution in [1.29, 1.82) is 0 Å². The van der Waals surface area contributed by atoms with Crippen molar-refractivity contribution in [3.05, 3.63) is 29.6 Å². The first kappa shape index (κ1) is 14.4. The van der Waals surface area contributed by atoms with Gasteiger partial charge >= 0.3 is 5.97 Å². The van der Waals surface area contributed by atoms with Crippen molar-refractivity contribution >= 4 is 5.97 Å². The van der Waals surface area contributed by atoms with Gasteiger partial charge in [0.1, 0.15) is 18.2 Å². The Labute approximate surface area is 106 Å². The fourth-order valence-electron chi connectivity index (χ4n) is 1.44. The van der Waals surface area contributed by atoms with Crippen LogP contribution in [0.25, 0.3) is 0 Å². The molecule has 0 aliphatic carbocycles. The second-order valence-corrected chi connectivity index (χ2v) is 4.62. The second kappa shape index (κ2) is 5.82. The molecule has 0 amide bonds. The lowest BCUT2D eigenvalue weighted by atomic mass is 9.95. The van der Waals surface area contributed by atoms with Gasteiger partial charge in [0, 0.05) is 12.1 Å². The maximum Gasteiger partial charge on any atom is 0.314 e. The SMILES string of the molecule is COC(=O)C(C)(C)COc1ccc(F)cc1CN. The number of carbonyl (C=O) groups excluding carboxylic acids is 1. The van der Waals surface area contributed by atoms with Crippen molar-refractivity contribution in [2.24, 2.45) is 11.1 Å². The molecular weight excluding hydrogens is 237 g/mol. The van der Waals surface area contributed by atoms with Gasteiger partial charge in [0.25, 0.3) is 0 Å². The van der Waals surface area contributed by atoms with Crippen LogP contribution >= 0.6 is 0 Å². The molecule has 100 valence electrons. The molecule has 2 N–H and O–H groups in total. The van der Waals surface area contributed by atoms with E-state index in [1.54, 1.807) is 13.8 Å². The first-order valence-corrected chi connectivity index (χ1v) is 5.60. The molecule has 0 saturated carbocycles. The highest BCUT2D eigenvalue weighted by atomic mass is 19.1. The number of nitrogens with two attached hydrogens (primary N) is 1. The van der Waals surface area contributed by atoms with E-state index in [1.807, 2.05) is 0 Å². The maximum atomic E-state index is 13.0. The number of rotatable bonds is 5. The molecule has 0 aliphatic rings. The van der Waals surface area contributed by atoms with Crippen molar-refractivity contribution < 1.29 is 18.7 Å². The number of hydrogen-bond donors (Lipinski definition) is 1. The normalized spacial score (nSPS) is 11.2. The van der Waals surface area contributed by atoms with E-state index < -0.39 is 5.41 Å². The van der Waals surface area contributed by atoms with Gasteiger partial charge in [-0.15, -0.1) is 0 Å². The Kier molecular flexibility index (Phi) is 4.67. The summed E-state index contributed by atoms with van der Waals surface area (Å²) >= 11 is 0. The summed E-state index contributed by atoms with van der Waals surface area (Å²) < 4.78 is 23.2. The summed E-state index contributed by atoms with van der Waals surface area (Å²) in [6, 6.07) is 4.12. The second-order valence-electron chi connectivity index (χ2n) is 4.62. The molecule has 0 spiro atoms. The molecule has 0 radical (unpaired) electrons. The fourth-order valence-corrected chi connectivity index (χ4v) is 1.44. The summed E-state index contributed by atoms with van der Waals surface area (Å²) in [4.78, 5) is 11.5. The zero-order chi connectivity index (χ0) is 13.8. The first-order chi connectivity index (χ1) is 8.40. The Hall–Kier alpha value is -1.62. The molecule has 0 heterocycles. The molecule has 4 nitrogen and oxygen atoms in total. The first-order valence-electron chi connectivity index (χ1n) is 5.60. The molecule has 18 heavy (non-hydrogen) atoms. The number of benzene rings is 1. The number of ether oxygens (including phenoxy) is 2. The van der Waals surface area contributed by atoms with E-state index >= 15 is 0 Å². The molecule has 0 aromatic heterocycles. The lowest BCUT2D eigenvalue weighted by Crippen LogP contribution is -2.32. The minimum Gasteiger partial charge on any atom is -0.492 e. The van der Waals surface area contributed by atoms with Gasteiger partial charge in [-0.3, -0.25) is 4.79 Å². The molecule has 1 rings (SSSR count). The highest BCUT2D eigenvalue weighted by Crippen LogP contribution is 2.23. The predicted molar refractivity (Wildman–Crippen MR) is 65.6 cm³/mol. The molecule has 0 atom stereocenters. The lowest BCUT2D eigenvalue weighted by Gasteiger charge is -2.22. The van der Waals surface area contributed by atoms with Gasteiger partial charge in [-0.1, -0.05) is 0 Å². The van der Waals surface area contributed by atoms with Crippen LogP contribution < -0.4 is 10.5 Å². The van der Waals surface area contributed by atoms with E-state index in [0.29, 0.717) is 11.3 Å². The van der Waals surface area contributed by atoms with Gasteiger partial charge in [-0.25, -0.2) is 4.39 Å². The van der Waals surface area contributed by atoms with E-state index in [4.69, 9.17) is 10.5 Å². The monoisotopic (exact) mass is 255 g/mol. The topological polar surface area (TPSA) is 61.5 Å².